The number of aromatic nitrogens is 1. The Kier molecular flexibility index (Phi) is 2.59. The van der Waals surface area contributed by atoms with Gasteiger partial charge in [-0.3, -0.25) is 4.98 Å². The van der Waals surface area contributed by atoms with Gasteiger partial charge < -0.3 is 5.32 Å². The molecule has 4 rings (SSSR count). The highest BCUT2D eigenvalue weighted by Crippen LogP contribution is 2.46. The number of fused-ring (bicyclic) bond motifs is 1. The van der Waals surface area contributed by atoms with Gasteiger partial charge in [-0.2, -0.15) is 0 Å². The fourth-order valence-electron chi connectivity index (χ4n) is 3.76. The lowest BCUT2D eigenvalue weighted by Crippen LogP contribution is -2.44. The molecule has 1 saturated heterocycles. The summed E-state index contributed by atoms with van der Waals surface area (Å²) in [5.41, 5.74) is 2.97. The zero-order chi connectivity index (χ0) is 12.7. The molecule has 2 aromatic rings. The Morgan fingerprint density at radius 2 is 2.11 bits per heavy atom. The van der Waals surface area contributed by atoms with E-state index >= 15 is 0 Å². The van der Waals surface area contributed by atoms with Crippen molar-refractivity contribution in [3.8, 4) is 0 Å². The van der Waals surface area contributed by atoms with Crippen LogP contribution in [0.2, 0.25) is 0 Å². The fraction of sp³-hybridized carbons (Fsp3) is 0.471. The molecule has 19 heavy (non-hydrogen) atoms. The molecule has 1 aliphatic heterocycles. The van der Waals surface area contributed by atoms with Crippen molar-refractivity contribution in [3.63, 3.8) is 0 Å². The van der Waals surface area contributed by atoms with Gasteiger partial charge in [0.05, 0.1) is 5.52 Å². The van der Waals surface area contributed by atoms with Crippen LogP contribution in [0.5, 0.6) is 0 Å². The molecule has 2 heteroatoms. The zero-order valence-electron chi connectivity index (χ0n) is 11.2. The second-order valence-corrected chi connectivity index (χ2v) is 6.12. The summed E-state index contributed by atoms with van der Waals surface area (Å²) in [6.45, 7) is 1.19. The number of para-hydroxylation sites is 1. The minimum atomic E-state index is 0.379. The van der Waals surface area contributed by atoms with E-state index in [2.05, 4.69) is 40.6 Å². The van der Waals surface area contributed by atoms with Gasteiger partial charge in [0.2, 0.25) is 0 Å². The van der Waals surface area contributed by atoms with Crippen LogP contribution < -0.4 is 5.32 Å². The molecule has 0 spiro atoms. The first-order valence-electron chi connectivity index (χ1n) is 7.45. The van der Waals surface area contributed by atoms with Crippen LogP contribution in [0.15, 0.2) is 36.5 Å². The predicted octanol–water partition coefficient (Wildman–Crippen LogP) is 3.31. The first-order valence-corrected chi connectivity index (χ1v) is 7.45. The summed E-state index contributed by atoms with van der Waals surface area (Å²) >= 11 is 0. The van der Waals surface area contributed by atoms with Crippen LogP contribution in [-0.2, 0) is 6.42 Å². The molecule has 1 unspecified atom stereocenters. The van der Waals surface area contributed by atoms with Crippen molar-refractivity contribution in [1.29, 1.82) is 0 Å². The van der Waals surface area contributed by atoms with E-state index in [1.54, 1.807) is 0 Å². The molecule has 1 N–H and O–H groups in total. The second kappa shape index (κ2) is 4.31. The summed E-state index contributed by atoms with van der Waals surface area (Å²) < 4.78 is 0. The van der Waals surface area contributed by atoms with Gasteiger partial charge in [0.15, 0.2) is 0 Å². The van der Waals surface area contributed by atoms with E-state index in [1.165, 1.54) is 49.6 Å². The van der Waals surface area contributed by atoms with Crippen LogP contribution >= 0.6 is 0 Å². The number of hydrogen-bond donors (Lipinski definition) is 1. The molecule has 0 amide bonds. The maximum absolute atomic E-state index is 4.48. The van der Waals surface area contributed by atoms with Crippen molar-refractivity contribution in [1.82, 2.24) is 10.3 Å². The van der Waals surface area contributed by atoms with Gasteiger partial charge in [0.1, 0.15) is 0 Å². The molecule has 1 atom stereocenters. The molecular formula is C17H20N2. The van der Waals surface area contributed by atoms with Gasteiger partial charge in [-0.15, -0.1) is 0 Å². The number of nitrogens with zero attached hydrogens (tertiary/aromatic N) is 1. The van der Waals surface area contributed by atoms with Crippen LogP contribution in [0.4, 0.5) is 0 Å². The second-order valence-electron chi connectivity index (χ2n) is 6.12. The molecule has 2 nitrogen and oxygen atoms in total. The number of hydrogen-bond acceptors (Lipinski definition) is 2. The van der Waals surface area contributed by atoms with Gasteiger partial charge in [-0.1, -0.05) is 18.2 Å². The Labute approximate surface area is 114 Å². The predicted molar refractivity (Wildman–Crippen MR) is 78.1 cm³/mol. The minimum absolute atomic E-state index is 0.379. The van der Waals surface area contributed by atoms with Crippen molar-refractivity contribution in [2.24, 2.45) is 5.92 Å². The third-order valence-electron chi connectivity index (χ3n) is 4.88. The van der Waals surface area contributed by atoms with Crippen molar-refractivity contribution in [2.75, 3.05) is 6.54 Å². The summed E-state index contributed by atoms with van der Waals surface area (Å²) in [5, 5.41) is 5.16. The first kappa shape index (κ1) is 11.4. The number of pyridine rings is 1. The van der Waals surface area contributed by atoms with Crippen LogP contribution in [0.3, 0.4) is 0 Å². The Bertz CT molecular complexity index is 590. The van der Waals surface area contributed by atoms with Crippen molar-refractivity contribution in [3.05, 3.63) is 42.1 Å². The van der Waals surface area contributed by atoms with E-state index in [-0.39, 0.29) is 0 Å². The van der Waals surface area contributed by atoms with E-state index in [4.69, 9.17) is 0 Å². The summed E-state index contributed by atoms with van der Waals surface area (Å²) in [6, 6.07) is 10.7. The molecule has 1 saturated carbocycles. The standard InChI is InChI=1S/C17H20N2/c1-2-5-16-15(4-1)13(8-11-18-16)12-17(14-6-7-14)9-3-10-19-17/h1-2,4-5,8,11,14,19H,3,6-7,9-10,12H2. The monoisotopic (exact) mass is 252 g/mol. The number of benzene rings is 1. The highest BCUT2D eigenvalue weighted by atomic mass is 15.0. The molecule has 0 bridgehead atoms. The molecule has 0 radical (unpaired) electrons. The summed E-state index contributed by atoms with van der Waals surface area (Å²) in [7, 11) is 0. The lowest BCUT2D eigenvalue weighted by Gasteiger charge is -2.30. The Balaban J connectivity index is 1.74. The Morgan fingerprint density at radius 3 is 2.89 bits per heavy atom. The Hall–Kier alpha value is -1.41. The third kappa shape index (κ3) is 1.95. The summed E-state index contributed by atoms with van der Waals surface area (Å²) in [4.78, 5) is 4.48. The first-order chi connectivity index (χ1) is 9.37. The minimum Gasteiger partial charge on any atom is -0.311 e. The third-order valence-corrected chi connectivity index (χ3v) is 4.88. The van der Waals surface area contributed by atoms with E-state index in [1.807, 2.05) is 6.20 Å². The van der Waals surface area contributed by atoms with Gasteiger partial charge in [0.25, 0.3) is 0 Å². The van der Waals surface area contributed by atoms with Crippen molar-refractivity contribution >= 4 is 10.9 Å². The molecule has 1 aliphatic carbocycles. The van der Waals surface area contributed by atoms with Gasteiger partial charge in [-0.25, -0.2) is 0 Å². The van der Waals surface area contributed by atoms with Crippen molar-refractivity contribution in [2.45, 2.75) is 37.6 Å². The summed E-state index contributed by atoms with van der Waals surface area (Å²) in [5.74, 6) is 0.905. The lowest BCUT2D eigenvalue weighted by molar-refractivity contribution is 0.324. The lowest BCUT2D eigenvalue weighted by atomic mass is 9.84. The average Bonchev–Trinajstić information content (AvgIpc) is 3.21. The van der Waals surface area contributed by atoms with E-state index in [0.717, 1.165) is 11.4 Å². The normalized spacial score (nSPS) is 26.9. The molecule has 1 aromatic heterocycles. The van der Waals surface area contributed by atoms with Crippen LogP contribution in [-0.4, -0.2) is 17.1 Å². The fourth-order valence-corrected chi connectivity index (χ4v) is 3.76. The van der Waals surface area contributed by atoms with E-state index in [9.17, 15) is 0 Å². The highest BCUT2D eigenvalue weighted by molar-refractivity contribution is 5.81. The van der Waals surface area contributed by atoms with Crippen LogP contribution in [0, 0.1) is 5.92 Å². The zero-order valence-corrected chi connectivity index (χ0v) is 11.2. The molecule has 2 heterocycles. The maximum Gasteiger partial charge on any atom is 0.0704 e. The average molecular weight is 252 g/mol. The molecule has 98 valence electrons. The molecule has 1 aromatic carbocycles. The molecular weight excluding hydrogens is 232 g/mol. The van der Waals surface area contributed by atoms with E-state index in [0.29, 0.717) is 5.54 Å². The van der Waals surface area contributed by atoms with E-state index < -0.39 is 0 Å². The van der Waals surface area contributed by atoms with Crippen LogP contribution in [0.25, 0.3) is 10.9 Å². The van der Waals surface area contributed by atoms with Gasteiger partial charge in [0, 0.05) is 17.1 Å². The highest BCUT2D eigenvalue weighted by Gasteiger charge is 2.46. The SMILES string of the molecule is c1ccc2c(CC3(C4CC4)CCCN3)ccnc2c1. The van der Waals surface area contributed by atoms with Crippen LogP contribution in [0.1, 0.15) is 31.2 Å². The molecule has 2 fully saturated rings. The number of rotatable bonds is 3. The smallest absolute Gasteiger partial charge is 0.0704 e. The summed E-state index contributed by atoms with van der Waals surface area (Å²) in [6.07, 6.45) is 8.63. The topological polar surface area (TPSA) is 24.9 Å². The van der Waals surface area contributed by atoms with Gasteiger partial charge in [-0.05, 0) is 62.3 Å². The quantitative estimate of drug-likeness (QED) is 0.906. The van der Waals surface area contributed by atoms with Crippen molar-refractivity contribution < 1.29 is 0 Å². The van der Waals surface area contributed by atoms with Gasteiger partial charge >= 0.3 is 0 Å². The number of nitrogens with one attached hydrogen (secondary N) is 1. The Morgan fingerprint density at radius 1 is 1.21 bits per heavy atom. The molecule has 2 aliphatic rings. The maximum atomic E-state index is 4.48. The largest absolute Gasteiger partial charge is 0.311 e.